The van der Waals surface area contributed by atoms with Gasteiger partial charge in [-0.25, -0.2) is 12.8 Å². The fourth-order valence-corrected chi connectivity index (χ4v) is 2.47. The number of carbonyl (C=O) groups is 1. The number of likely N-dealkylation sites (N-methyl/N-ethyl adjacent to an activating group) is 1. The number of carbonyl (C=O) groups excluding carboxylic acids is 1. The molecule has 1 aromatic carbocycles. The van der Waals surface area contributed by atoms with Crippen molar-refractivity contribution in [1.29, 1.82) is 0 Å². The van der Waals surface area contributed by atoms with Gasteiger partial charge in [-0.1, -0.05) is 18.2 Å². The molecule has 1 rings (SSSR count). The Morgan fingerprint density at radius 3 is 2.45 bits per heavy atom. The molecule has 0 radical (unpaired) electrons. The molecule has 0 spiro atoms. The molecule has 1 amide bonds. The minimum atomic E-state index is -3.62. The number of nitrogens with one attached hydrogen (secondary N) is 1. The van der Waals surface area contributed by atoms with Crippen LogP contribution in [-0.2, 0) is 21.4 Å². The van der Waals surface area contributed by atoms with Crippen LogP contribution in [-0.4, -0.2) is 63.5 Å². The second kappa shape index (κ2) is 8.21. The van der Waals surface area contributed by atoms with Gasteiger partial charge in [0.05, 0.1) is 12.8 Å². The van der Waals surface area contributed by atoms with Crippen LogP contribution in [0.3, 0.4) is 0 Å². The lowest BCUT2D eigenvalue weighted by atomic mass is 10.2. The molecule has 0 saturated carbocycles. The van der Waals surface area contributed by atoms with E-state index in [-0.39, 0.29) is 18.7 Å². The predicted octanol–water partition coefficient (Wildman–Crippen LogP) is 0.265. The van der Waals surface area contributed by atoms with E-state index in [1.807, 2.05) is 19.0 Å². The molecule has 0 unspecified atom stereocenters. The Kier molecular flexibility index (Phi) is 6.92. The number of halogens is 1. The lowest BCUT2D eigenvalue weighted by Gasteiger charge is -2.20. The number of rotatable bonds is 8. The van der Waals surface area contributed by atoms with Gasteiger partial charge >= 0.3 is 0 Å². The van der Waals surface area contributed by atoms with Gasteiger partial charge in [-0.3, -0.25) is 4.79 Å². The summed E-state index contributed by atoms with van der Waals surface area (Å²) in [6.07, 6.45) is 1.00. The fourth-order valence-electron chi connectivity index (χ4n) is 1.74. The van der Waals surface area contributed by atoms with Gasteiger partial charge < -0.3 is 10.2 Å². The van der Waals surface area contributed by atoms with E-state index in [1.165, 1.54) is 18.2 Å². The van der Waals surface area contributed by atoms with Crippen LogP contribution in [0.5, 0.6) is 0 Å². The Morgan fingerprint density at radius 2 is 1.91 bits per heavy atom. The summed E-state index contributed by atoms with van der Waals surface area (Å²) in [5.74, 6) is -0.909. The number of nitrogens with zero attached hydrogens (tertiary/aromatic N) is 2. The van der Waals surface area contributed by atoms with Gasteiger partial charge in [-0.2, -0.15) is 4.31 Å². The lowest BCUT2D eigenvalue weighted by molar-refractivity contribution is -0.121. The molecular weight excluding hydrogens is 309 g/mol. The molecular formula is C14H22FN3O3S. The SMILES string of the molecule is CN(C)CCNC(=O)CN(Cc1ccccc1F)S(C)(=O)=O. The molecule has 1 aromatic rings. The van der Waals surface area contributed by atoms with Crippen LogP contribution < -0.4 is 5.32 Å². The monoisotopic (exact) mass is 331 g/mol. The first-order chi connectivity index (χ1) is 10.2. The maximum atomic E-state index is 13.6. The number of amides is 1. The molecule has 0 saturated heterocycles. The third kappa shape index (κ3) is 6.50. The zero-order valence-electron chi connectivity index (χ0n) is 13.0. The van der Waals surface area contributed by atoms with Crippen LogP contribution in [0.1, 0.15) is 5.56 Å². The summed E-state index contributed by atoms with van der Waals surface area (Å²) in [6, 6.07) is 5.90. The third-order valence-corrected chi connectivity index (χ3v) is 4.17. The van der Waals surface area contributed by atoms with Gasteiger partial charge in [0.25, 0.3) is 0 Å². The minimum Gasteiger partial charge on any atom is -0.354 e. The predicted molar refractivity (Wildman–Crippen MR) is 83.2 cm³/mol. The Labute approximate surface area is 131 Å². The normalized spacial score (nSPS) is 11.9. The first kappa shape index (κ1) is 18.5. The average molecular weight is 331 g/mol. The highest BCUT2D eigenvalue weighted by atomic mass is 32.2. The van der Waals surface area contributed by atoms with Gasteiger partial charge in [0.15, 0.2) is 0 Å². The molecule has 0 aliphatic rings. The van der Waals surface area contributed by atoms with Crippen molar-refractivity contribution in [3.8, 4) is 0 Å². The highest BCUT2D eigenvalue weighted by Crippen LogP contribution is 2.12. The van der Waals surface area contributed by atoms with E-state index < -0.39 is 21.7 Å². The first-order valence-corrected chi connectivity index (χ1v) is 8.65. The molecule has 0 aliphatic carbocycles. The molecule has 0 bridgehead atoms. The van der Waals surface area contributed by atoms with E-state index in [0.717, 1.165) is 10.6 Å². The summed E-state index contributed by atoms with van der Waals surface area (Å²) in [5.41, 5.74) is 0.231. The van der Waals surface area contributed by atoms with Crippen molar-refractivity contribution in [3.63, 3.8) is 0 Å². The molecule has 124 valence electrons. The highest BCUT2D eigenvalue weighted by Gasteiger charge is 2.21. The Bertz CT molecular complexity index is 605. The summed E-state index contributed by atoms with van der Waals surface area (Å²) >= 11 is 0. The second-order valence-electron chi connectivity index (χ2n) is 5.28. The van der Waals surface area contributed by atoms with E-state index in [0.29, 0.717) is 13.1 Å². The van der Waals surface area contributed by atoms with Crippen LogP contribution in [0.2, 0.25) is 0 Å². The van der Waals surface area contributed by atoms with Crippen molar-refractivity contribution >= 4 is 15.9 Å². The number of hydrogen-bond donors (Lipinski definition) is 1. The first-order valence-electron chi connectivity index (χ1n) is 6.80. The zero-order chi connectivity index (χ0) is 16.8. The van der Waals surface area contributed by atoms with Crippen molar-refractivity contribution in [2.45, 2.75) is 6.54 Å². The van der Waals surface area contributed by atoms with Gasteiger partial charge in [0.1, 0.15) is 5.82 Å². The van der Waals surface area contributed by atoms with Gasteiger partial charge in [0, 0.05) is 25.2 Å². The van der Waals surface area contributed by atoms with E-state index in [4.69, 9.17) is 0 Å². The molecule has 1 N–H and O–H groups in total. The summed E-state index contributed by atoms with van der Waals surface area (Å²) in [4.78, 5) is 13.7. The largest absolute Gasteiger partial charge is 0.354 e. The summed E-state index contributed by atoms with van der Waals surface area (Å²) in [6.45, 7) is 0.564. The Morgan fingerprint density at radius 1 is 1.27 bits per heavy atom. The molecule has 0 fully saturated rings. The van der Waals surface area contributed by atoms with E-state index in [1.54, 1.807) is 6.07 Å². The van der Waals surface area contributed by atoms with Crippen LogP contribution in [0.4, 0.5) is 4.39 Å². The van der Waals surface area contributed by atoms with Crippen molar-refractivity contribution in [2.75, 3.05) is 40.0 Å². The molecule has 8 heteroatoms. The van der Waals surface area contributed by atoms with E-state index >= 15 is 0 Å². The van der Waals surface area contributed by atoms with Crippen molar-refractivity contribution in [3.05, 3.63) is 35.6 Å². The van der Waals surface area contributed by atoms with Crippen LogP contribution in [0.25, 0.3) is 0 Å². The maximum absolute atomic E-state index is 13.6. The van der Waals surface area contributed by atoms with Gasteiger partial charge in [-0.15, -0.1) is 0 Å². The quantitative estimate of drug-likeness (QED) is 0.742. The Hall–Kier alpha value is -1.51. The lowest BCUT2D eigenvalue weighted by Crippen LogP contribution is -2.41. The molecule has 0 aliphatic heterocycles. The molecule has 0 atom stereocenters. The minimum absolute atomic E-state index is 0.174. The van der Waals surface area contributed by atoms with Crippen molar-refractivity contribution in [1.82, 2.24) is 14.5 Å². The van der Waals surface area contributed by atoms with Crippen molar-refractivity contribution < 1.29 is 17.6 Å². The van der Waals surface area contributed by atoms with Crippen LogP contribution in [0, 0.1) is 5.82 Å². The number of benzene rings is 1. The molecule has 0 aromatic heterocycles. The topological polar surface area (TPSA) is 69.7 Å². The summed E-state index contributed by atoms with van der Waals surface area (Å²) < 4.78 is 38.2. The van der Waals surface area contributed by atoms with E-state index in [9.17, 15) is 17.6 Å². The summed E-state index contributed by atoms with van der Waals surface area (Å²) in [5, 5.41) is 2.64. The van der Waals surface area contributed by atoms with E-state index in [2.05, 4.69) is 5.32 Å². The highest BCUT2D eigenvalue weighted by molar-refractivity contribution is 7.88. The number of hydrogen-bond acceptors (Lipinski definition) is 4. The summed E-state index contributed by atoms with van der Waals surface area (Å²) in [7, 11) is 0.116. The van der Waals surface area contributed by atoms with Gasteiger partial charge in [0.2, 0.25) is 15.9 Å². The Balaban J connectivity index is 2.70. The number of sulfonamides is 1. The maximum Gasteiger partial charge on any atom is 0.235 e. The van der Waals surface area contributed by atoms with Crippen molar-refractivity contribution in [2.24, 2.45) is 0 Å². The van der Waals surface area contributed by atoms with Crippen LogP contribution >= 0.6 is 0 Å². The second-order valence-corrected chi connectivity index (χ2v) is 7.26. The average Bonchev–Trinajstić information content (AvgIpc) is 2.39. The smallest absolute Gasteiger partial charge is 0.235 e. The standard InChI is InChI=1S/C14H22FN3O3S/c1-17(2)9-8-16-14(19)11-18(22(3,20)21)10-12-6-4-5-7-13(12)15/h4-7H,8-11H2,1-3H3,(H,16,19). The fraction of sp³-hybridized carbons (Fsp3) is 0.500. The molecule has 6 nitrogen and oxygen atoms in total. The third-order valence-electron chi connectivity index (χ3n) is 2.97. The molecule has 22 heavy (non-hydrogen) atoms. The van der Waals surface area contributed by atoms with Crippen LogP contribution in [0.15, 0.2) is 24.3 Å². The van der Waals surface area contributed by atoms with Gasteiger partial charge in [-0.05, 0) is 20.2 Å². The zero-order valence-corrected chi connectivity index (χ0v) is 13.9. The molecule has 0 heterocycles.